The van der Waals surface area contributed by atoms with E-state index in [4.69, 9.17) is 10.8 Å². The summed E-state index contributed by atoms with van der Waals surface area (Å²) in [4.78, 5) is 22.6. The van der Waals surface area contributed by atoms with E-state index in [2.05, 4.69) is 5.32 Å². The summed E-state index contributed by atoms with van der Waals surface area (Å²) in [7, 11) is 0. The third-order valence-electron chi connectivity index (χ3n) is 2.50. The van der Waals surface area contributed by atoms with Crippen LogP contribution in [-0.4, -0.2) is 22.5 Å². The smallest absolute Gasteiger partial charge is 0.340 e. The molecule has 1 aromatic carbocycles. The molecule has 0 saturated carbocycles. The van der Waals surface area contributed by atoms with Gasteiger partial charge in [0.05, 0.1) is 5.69 Å². The van der Waals surface area contributed by atoms with Crippen LogP contribution in [0.5, 0.6) is 0 Å². The molecule has 0 fully saturated rings. The summed E-state index contributed by atoms with van der Waals surface area (Å²) in [5, 5.41) is 11.3. The van der Waals surface area contributed by atoms with Crippen LogP contribution in [0.3, 0.4) is 0 Å². The molecule has 0 saturated heterocycles. The molecule has 5 nitrogen and oxygen atoms in total. The lowest BCUT2D eigenvalue weighted by Crippen LogP contribution is -2.33. The largest absolute Gasteiger partial charge is 0.478 e. The lowest BCUT2D eigenvalue weighted by atomic mass is 10.00. The Labute approximate surface area is 110 Å². The molecule has 1 amide bonds. The van der Waals surface area contributed by atoms with Crippen molar-refractivity contribution in [2.75, 3.05) is 5.32 Å². The van der Waals surface area contributed by atoms with Gasteiger partial charge in [0.25, 0.3) is 0 Å². The highest BCUT2D eigenvalue weighted by atomic mass is 19.1. The lowest BCUT2D eigenvalue weighted by molar-refractivity contribution is -0.116. The first-order valence-corrected chi connectivity index (χ1v) is 5.81. The van der Waals surface area contributed by atoms with Crippen LogP contribution in [0.2, 0.25) is 0 Å². The normalized spacial score (nSPS) is 11.2. The fourth-order valence-electron chi connectivity index (χ4n) is 1.49. The van der Waals surface area contributed by atoms with E-state index in [9.17, 15) is 14.0 Å². The maximum Gasteiger partial charge on any atom is 0.340 e. The molecule has 0 bridgehead atoms. The molecule has 0 radical (unpaired) electrons. The Morgan fingerprint density at radius 2 is 2.05 bits per heavy atom. The van der Waals surface area contributed by atoms with Crippen molar-refractivity contribution in [3.63, 3.8) is 0 Å². The number of hydrogen-bond acceptors (Lipinski definition) is 3. The number of carbonyl (C=O) groups excluding carboxylic acids is 1. The van der Waals surface area contributed by atoms with Gasteiger partial charge in [-0.1, -0.05) is 6.07 Å². The minimum Gasteiger partial charge on any atom is -0.478 e. The standard InChI is InChI=1S/C13H17FN2O3/c1-13(2,15)7-6-10(17)16-9-5-3-4-8(14)11(9)12(18)19/h3-5H,6-7,15H2,1-2H3,(H,16,17)(H,18,19). The summed E-state index contributed by atoms with van der Waals surface area (Å²) in [5.41, 5.74) is 4.67. The minimum atomic E-state index is -1.42. The zero-order chi connectivity index (χ0) is 14.6. The predicted molar refractivity (Wildman–Crippen MR) is 69.5 cm³/mol. The summed E-state index contributed by atoms with van der Waals surface area (Å²) in [6.45, 7) is 3.57. The second kappa shape index (κ2) is 5.79. The molecule has 104 valence electrons. The second-order valence-electron chi connectivity index (χ2n) is 5.00. The van der Waals surface area contributed by atoms with Crippen molar-refractivity contribution in [2.45, 2.75) is 32.2 Å². The molecular formula is C13H17FN2O3. The fraction of sp³-hybridized carbons (Fsp3) is 0.385. The van der Waals surface area contributed by atoms with E-state index in [-0.39, 0.29) is 12.1 Å². The van der Waals surface area contributed by atoms with Gasteiger partial charge in [0.1, 0.15) is 11.4 Å². The number of benzene rings is 1. The molecule has 19 heavy (non-hydrogen) atoms. The topological polar surface area (TPSA) is 92.4 Å². The van der Waals surface area contributed by atoms with Crippen molar-refractivity contribution in [1.82, 2.24) is 0 Å². The third kappa shape index (κ3) is 4.67. The summed E-state index contributed by atoms with van der Waals surface area (Å²) in [5.74, 6) is -2.70. The number of aromatic carboxylic acids is 1. The summed E-state index contributed by atoms with van der Waals surface area (Å²) in [6.07, 6.45) is 0.579. The summed E-state index contributed by atoms with van der Waals surface area (Å²) < 4.78 is 13.4. The first-order valence-electron chi connectivity index (χ1n) is 5.81. The number of carboxylic acids is 1. The van der Waals surface area contributed by atoms with Crippen LogP contribution in [-0.2, 0) is 4.79 Å². The van der Waals surface area contributed by atoms with Crippen LogP contribution in [0.25, 0.3) is 0 Å². The Hall–Kier alpha value is -1.95. The monoisotopic (exact) mass is 268 g/mol. The van der Waals surface area contributed by atoms with E-state index >= 15 is 0 Å². The van der Waals surface area contributed by atoms with Gasteiger partial charge in [-0.15, -0.1) is 0 Å². The molecule has 0 aromatic heterocycles. The van der Waals surface area contributed by atoms with Gasteiger partial charge in [-0.3, -0.25) is 4.79 Å². The molecule has 6 heteroatoms. The molecule has 0 aliphatic rings. The molecule has 1 aromatic rings. The van der Waals surface area contributed by atoms with Gasteiger partial charge in [0.15, 0.2) is 0 Å². The Bertz CT molecular complexity index is 495. The molecule has 0 atom stereocenters. The third-order valence-corrected chi connectivity index (χ3v) is 2.50. The number of carboxylic acid groups (broad SMARTS) is 1. The Morgan fingerprint density at radius 1 is 1.42 bits per heavy atom. The minimum absolute atomic E-state index is 0.0488. The number of nitrogens with one attached hydrogen (secondary N) is 1. The Kier molecular flexibility index (Phi) is 4.61. The SMILES string of the molecule is CC(C)(N)CCC(=O)Nc1cccc(F)c1C(=O)O. The van der Waals surface area contributed by atoms with Crippen molar-refractivity contribution < 1.29 is 19.1 Å². The molecule has 1 rings (SSSR count). The summed E-state index contributed by atoms with van der Waals surface area (Å²) >= 11 is 0. The zero-order valence-corrected chi connectivity index (χ0v) is 10.9. The van der Waals surface area contributed by atoms with Crippen molar-refractivity contribution in [2.24, 2.45) is 5.73 Å². The zero-order valence-electron chi connectivity index (χ0n) is 10.9. The van der Waals surface area contributed by atoms with E-state index in [1.54, 1.807) is 13.8 Å². The Morgan fingerprint density at radius 3 is 2.58 bits per heavy atom. The van der Waals surface area contributed by atoms with E-state index in [1.807, 2.05) is 0 Å². The summed E-state index contributed by atoms with van der Waals surface area (Å²) in [6, 6.07) is 3.71. The first kappa shape index (κ1) is 15.1. The van der Waals surface area contributed by atoms with Gasteiger partial charge in [0, 0.05) is 12.0 Å². The molecule has 0 unspecified atom stereocenters. The van der Waals surface area contributed by atoms with Gasteiger partial charge in [-0.2, -0.15) is 0 Å². The maximum absolute atomic E-state index is 13.4. The predicted octanol–water partition coefficient (Wildman–Crippen LogP) is 1.98. The lowest BCUT2D eigenvalue weighted by Gasteiger charge is -2.17. The van der Waals surface area contributed by atoms with Gasteiger partial charge in [-0.25, -0.2) is 9.18 Å². The molecule has 0 spiro atoms. The van der Waals surface area contributed by atoms with Crippen molar-refractivity contribution in [3.8, 4) is 0 Å². The number of anilines is 1. The van der Waals surface area contributed by atoms with Gasteiger partial charge in [-0.05, 0) is 32.4 Å². The number of amides is 1. The van der Waals surface area contributed by atoms with Crippen LogP contribution in [0.15, 0.2) is 18.2 Å². The second-order valence-corrected chi connectivity index (χ2v) is 5.00. The highest BCUT2D eigenvalue weighted by Gasteiger charge is 2.18. The molecule has 0 heterocycles. The van der Waals surface area contributed by atoms with Crippen molar-refractivity contribution >= 4 is 17.6 Å². The average molecular weight is 268 g/mol. The van der Waals surface area contributed by atoms with Crippen LogP contribution < -0.4 is 11.1 Å². The number of hydrogen-bond donors (Lipinski definition) is 3. The molecule has 4 N–H and O–H groups in total. The van der Waals surface area contributed by atoms with E-state index in [1.165, 1.54) is 12.1 Å². The molecular weight excluding hydrogens is 251 g/mol. The van der Waals surface area contributed by atoms with E-state index in [0.29, 0.717) is 6.42 Å². The van der Waals surface area contributed by atoms with E-state index in [0.717, 1.165) is 6.07 Å². The van der Waals surface area contributed by atoms with Crippen LogP contribution in [0, 0.1) is 5.82 Å². The van der Waals surface area contributed by atoms with Crippen molar-refractivity contribution in [1.29, 1.82) is 0 Å². The van der Waals surface area contributed by atoms with Crippen LogP contribution >= 0.6 is 0 Å². The van der Waals surface area contributed by atoms with Crippen LogP contribution in [0.1, 0.15) is 37.0 Å². The van der Waals surface area contributed by atoms with Crippen molar-refractivity contribution in [3.05, 3.63) is 29.6 Å². The number of nitrogens with two attached hydrogens (primary N) is 1. The fourth-order valence-corrected chi connectivity index (χ4v) is 1.49. The van der Waals surface area contributed by atoms with Gasteiger partial charge < -0.3 is 16.2 Å². The highest BCUT2D eigenvalue weighted by molar-refractivity contribution is 6.00. The molecule has 0 aliphatic carbocycles. The van der Waals surface area contributed by atoms with Gasteiger partial charge in [0.2, 0.25) is 5.91 Å². The first-order chi connectivity index (χ1) is 8.70. The average Bonchev–Trinajstić information content (AvgIpc) is 2.25. The maximum atomic E-state index is 13.4. The number of rotatable bonds is 5. The van der Waals surface area contributed by atoms with E-state index < -0.39 is 28.8 Å². The number of carbonyl (C=O) groups is 2. The Balaban J connectivity index is 2.80. The quantitative estimate of drug-likeness (QED) is 0.761. The van der Waals surface area contributed by atoms with Gasteiger partial charge >= 0.3 is 5.97 Å². The highest BCUT2D eigenvalue weighted by Crippen LogP contribution is 2.19. The molecule has 0 aliphatic heterocycles. The van der Waals surface area contributed by atoms with Crippen LogP contribution in [0.4, 0.5) is 10.1 Å². The number of halogens is 1.